The molecule has 0 bridgehead atoms. The average Bonchev–Trinajstić information content (AvgIpc) is 2.72. The molecule has 0 aliphatic rings. The lowest BCUT2D eigenvalue weighted by Crippen LogP contribution is -2.18. The van der Waals surface area contributed by atoms with Crippen LogP contribution in [0.2, 0.25) is 0 Å². The molecular weight excluding hydrogens is 382 g/mol. The van der Waals surface area contributed by atoms with Crippen molar-refractivity contribution in [1.29, 1.82) is 0 Å². The summed E-state index contributed by atoms with van der Waals surface area (Å²) in [6.45, 7) is 17.0. The Bertz CT molecular complexity index is 971. The maximum atomic E-state index is 12.5. The van der Waals surface area contributed by atoms with E-state index in [9.17, 15) is 4.79 Å². The lowest BCUT2D eigenvalue weighted by molar-refractivity contribution is 0.0963. The second kappa shape index (κ2) is 10.5. The number of nitrogens with one attached hydrogen (secondary N) is 1. The first-order valence-corrected chi connectivity index (χ1v) is 11.2. The Morgan fingerprint density at radius 2 is 1.10 bits per heavy atom. The van der Waals surface area contributed by atoms with Crippen LogP contribution in [0.4, 0.5) is 11.4 Å². The quantitative estimate of drug-likeness (QED) is 0.470. The van der Waals surface area contributed by atoms with Crippen LogP contribution in [0.3, 0.4) is 0 Å². The van der Waals surface area contributed by atoms with E-state index in [4.69, 9.17) is 9.98 Å². The fourth-order valence-electron chi connectivity index (χ4n) is 3.61. The van der Waals surface area contributed by atoms with E-state index in [0.717, 1.165) is 28.4 Å². The van der Waals surface area contributed by atoms with Crippen molar-refractivity contribution in [3.63, 3.8) is 0 Å². The van der Waals surface area contributed by atoms with Crippen LogP contribution in [0.5, 0.6) is 0 Å². The summed E-state index contributed by atoms with van der Waals surface area (Å²) in [4.78, 5) is 22.5. The maximum Gasteiger partial charge on any atom is 0.253 e. The Morgan fingerprint density at radius 1 is 0.710 bits per heavy atom. The number of rotatable bonds is 7. The van der Waals surface area contributed by atoms with Crippen molar-refractivity contribution in [3.8, 4) is 0 Å². The summed E-state index contributed by atoms with van der Waals surface area (Å²) in [6.07, 6.45) is 0. The Labute approximate surface area is 187 Å². The van der Waals surface area contributed by atoms with Gasteiger partial charge in [-0.3, -0.25) is 14.8 Å². The fourth-order valence-corrected chi connectivity index (χ4v) is 3.61. The van der Waals surface area contributed by atoms with Gasteiger partial charge in [-0.1, -0.05) is 71.9 Å². The van der Waals surface area contributed by atoms with Crippen LogP contribution in [-0.2, 0) is 0 Å². The number of hydrogen-bond donors (Lipinski definition) is 1. The molecule has 1 N–H and O–H groups in total. The molecule has 0 aromatic heterocycles. The summed E-state index contributed by atoms with van der Waals surface area (Å²) < 4.78 is 0. The summed E-state index contributed by atoms with van der Waals surface area (Å²) in [6, 6.07) is 12.2. The van der Waals surface area contributed by atoms with E-state index < -0.39 is 0 Å². The van der Waals surface area contributed by atoms with Crippen molar-refractivity contribution in [2.75, 3.05) is 7.05 Å². The van der Waals surface area contributed by atoms with Gasteiger partial charge in [-0.05, 0) is 54.4 Å². The van der Waals surface area contributed by atoms with Gasteiger partial charge in [0, 0.05) is 7.05 Å². The number of carbonyl (C=O) groups excluding carboxylic acids is 1. The Balaban J connectivity index is 2.66. The molecule has 0 atom stereocenters. The highest BCUT2D eigenvalue weighted by Crippen LogP contribution is 2.35. The van der Waals surface area contributed by atoms with E-state index in [1.165, 1.54) is 11.1 Å². The number of nitrogens with zero attached hydrogens (tertiary/aromatic N) is 2. The predicted octanol–water partition coefficient (Wildman–Crippen LogP) is 7.30. The molecule has 31 heavy (non-hydrogen) atoms. The molecule has 166 valence electrons. The van der Waals surface area contributed by atoms with Gasteiger partial charge in [0.15, 0.2) is 0 Å². The molecule has 4 nitrogen and oxygen atoms in total. The summed E-state index contributed by atoms with van der Waals surface area (Å²) >= 11 is 0. The van der Waals surface area contributed by atoms with Crippen molar-refractivity contribution in [1.82, 2.24) is 5.32 Å². The number of para-hydroxylation sites is 2. The SMILES string of the molecule is CNC(=O)c1cccc(C(C)C)c1N=C(C)C(C)=Nc1c(C(C)C)cccc1C(C)C. The third kappa shape index (κ3) is 5.69. The van der Waals surface area contributed by atoms with Gasteiger partial charge in [0.2, 0.25) is 0 Å². The minimum absolute atomic E-state index is 0.129. The molecule has 2 aromatic rings. The van der Waals surface area contributed by atoms with E-state index in [2.05, 4.69) is 65.1 Å². The van der Waals surface area contributed by atoms with Crippen LogP contribution in [0.1, 0.15) is 100 Å². The third-order valence-corrected chi connectivity index (χ3v) is 5.59. The van der Waals surface area contributed by atoms with Gasteiger partial charge in [0.05, 0.1) is 28.4 Å². The molecule has 0 spiro atoms. The summed E-state index contributed by atoms with van der Waals surface area (Å²) in [5.74, 6) is 0.881. The van der Waals surface area contributed by atoms with E-state index in [1.807, 2.05) is 32.0 Å². The van der Waals surface area contributed by atoms with Crippen molar-refractivity contribution in [2.24, 2.45) is 9.98 Å². The van der Waals surface area contributed by atoms with Crippen LogP contribution < -0.4 is 5.32 Å². The zero-order valence-corrected chi connectivity index (χ0v) is 20.5. The first-order chi connectivity index (χ1) is 14.6. The normalized spacial score (nSPS) is 12.8. The molecule has 0 aliphatic carbocycles. The maximum absolute atomic E-state index is 12.5. The monoisotopic (exact) mass is 419 g/mol. The second-order valence-corrected chi connectivity index (χ2v) is 8.97. The number of aliphatic imine (C=N–C) groups is 2. The topological polar surface area (TPSA) is 53.8 Å². The summed E-state index contributed by atoms with van der Waals surface area (Å²) in [5, 5.41) is 2.73. The molecule has 0 saturated carbocycles. The summed E-state index contributed by atoms with van der Waals surface area (Å²) in [5.41, 5.74) is 7.57. The zero-order chi connectivity index (χ0) is 23.3. The zero-order valence-electron chi connectivity index (χ0n) is 20.5. The van der Waals surface area contributed by atoms with Gasteiger partial charge in [0.1, 0.15) is 0 Å². The van der Waals surface area contributed by atoms with Crippen LogP contribution >= 0.6 is 0 Å². The average molecular weight is 420 g/mol. The molecule has 4 heteroatoms. The Hall–Kier alpha value is -2.75. The Kier molecular flexibility index (Phi) is 8.32. The van der Waals surface area contributed by atoms with Crippen LogP contribution in [0.15, 0.2) is 46.4 Å². The second-order valence-electron chi connectivity index (χ2n) is 8.97. The van der Waals surface area contributed by atoms with E-state index in [-0.39, 0.29) is 11.8 Å². The largest absolute Gasteiger partial charge is 0.355 e. The lowest BCUT2D eigenvalue weighted by Gasteiger charge is -2.17. The van der Waals surface area contributed by atoms with Gasteiger partial charge in [0.25, 0.3) is 5.91 Å². The van der Waals surface area contributed by atoms with Crippen LogP contribution in [-0.4, -0.2) is 24.4 Å². The van der Waals surface area contributed by atoms with E-state index >= 15 is 0 Å². The molecule has 0 radical (unpaired) electrons. The lowest BCUT2D eigenvalue weighted by atomic mass is 9.93. The van der Waals surface area contributed by atoms with E-state index in [1.54, 1.807) is 7.05 Å². The number of benzene rings is 2. The number of carbonyl (C=O) groups is 1. The molecule has 0 fully saturated rings. The fraction of sp³-hybridized carbons (Fsp3) is 0.444. The molecule has 0 aliphatic heterocycles. The van der Waals surface area contributed by atoms with Crippen molar-refractivity contribution >= 4 is 28.7 Å². The molecular formula is C27H37N3O. The van der Waals surface area contributed by atoms with Crippen molar-refractivity contribution in [3.05, 3.63) is 58.7 Å². The van der Waals surface area contributed by atoms with E-state index in [0.29, 0.717) is 17.4 Å². The number of hydrogen-bond acceptors (Lipinski definition) is 3. The van der Waals surface area contributed by atoms with Gasteiger partial charge >= 0.3 is 0 Å². The first-order valence-electron chi connectivity index (χ1n) is 11.2. The molecule has 0 saturated heterocycles. The predicted molar refractivity (Wildman–Crippen MR) is 134 cm³/mol. The van der Waals surface area contributed by atoms with Gasteiger partial charge in [-0.15, -0.1) is 0 Å². The van der Waals surface area contributed by atoms with Gasteiger partial charge in [-0.25, -0.2) is 0 Å². The minimum Gasteiger partial charge on any atom is -0.355 e. The third-order valence-electron chi connectivity index (χ3n) is 5.59. The Morgan fingerprint density at radius 3 is 1.52 bits per heavy atom. The highest BCUT2D eigenvalue weighted by atomic mass is 16.1. The minimum atomic E-state index is -0.129. The van der Waals surface area contributed by atoms with Crippen LogP contribution in [0, 0.1) is 0 Å². The smallest absolute Gasteiger partial charge is 0.253 e. The highest BCUT2D eigenvalue weighted by Gasteiger charge is 2.17. The molecule has 0 unspecified atom stereocenters. The van der Waals surface area contributed by atoms with Gasteiger partial charge in [-0.2, -0.15) is 0 Å². The molecule has 1 amide bonds. The molecule has 2 aromatic carbocycles. The summed E-state index contributed by atoms with van der Waals surface area (Å²) in [7, 11) is 1.65. The van der Waals surface area contributed by atoms with Crippen molar-refractivity contribution in [2.45, 2.75) is 73.1 Å². The van der Waals surface area contributed by atoms with Crippen molar-refractivity contribution < 1.29 is 4.79 Å². The molecule has 2 rings (SSSR count). The highest BCUT2D eigenvalue weighted by molar-refractivity contribution is 6.41. The van der Waals surface area contributed by atoms with Gasteiger partial charge < -0.3 is 5.32 Å². The number of amides is 1. The standard InChI is InChI=1S/C27H37N3O/c1-16(2)21-12-10-13-22(17(3)4)25(21)29-19(7)20(8)30-26-23(18(5)6)14-11-15-24(26)27(31)28-9/h10-18H,1-9H3,(H,28,31). The molecule has 0 heterocycles. The first kappa shape index (κ1) is 24.5. The van der Waals surface area contributed by atoms with Crippen LogP contribution in [0.25, 0.3) is 0 Å².